The number of benzene rings is 1. The highest BCUT2D eigenvalue weighted by Gasteiger charge is 2.06. The first kappa shape index (κ1) is 13.2. The molecular formula is C14H16BrN3. The van der Waals surface area contributed by atoms with Gasteiger partial charge in [0, 0.05) is 34.4 Å². The summed E-state index contributed by atoms with van der Waals surface area (Å²) in [4.78, 5) is 8.86. The van der Waals surface area contributed by atoms with E-state index in [1.807, 2.05) is 30.3 Å². The molecule has 0 bridgehead atoms. The van der Waals surface area contributed by atoms with Crippen LogP contribution in [0.2, 0.25) is 0 Å². The second-order valence-corrected chi connectivity index (χ2v) is 5.17. The largest absolute Gasteiger partial charge is 0.327 e. The molecule has 1 unspecified atom stereocenters. The molecule has 0 fully saturated rings. The van der Waals surface area contributed by atoms with Crippen LogP contribution in [0.15, 0.2) is 41.0 Å². The van der Waals surface area contributed by atoms with E-state index in [0.29, 0.717) is 0 Å². The second kappa shape index (κ2) is 6.07. The molecule has 0 aliphatic rings. The van der Waals surface area contributed by atoms with E-state index in [2.05, 4.69) is 32.8 Å². The van der Waals surface area contributed by atoms with Gasteiger partial charge in [-0.2, -0.15) is 0 Å². The molecule has 18 heavy (non-hydrogen) atoms. The average Bonchev–Trinajstić information content (AvgIpc) is 2.40. The molecule has 2 N–H and O–H groups in total. The van der Waals surface area contributed by atoms with E-state index in [9.17, 15) is 0 Å². The quantitative estimate of drug-likeness (QED) is 0.944. The van der Waals surface area contributed by atoms with Crippen molar-refractivity contribution >= 4 is 15.9 Å². The zero-order valence-electron chi connectivity index (χ0n) is 10.3. The SMILES string of the molecule is CCC(N)Cc1ccnc(-c2ccc(Br)cc2)n1. The Bertz CT molecular complexity index is 511. The Kier molecular flexibility index (Phi) is 4.44. The Balaban J connectivity index is 2.24. The van der Waals surface area contributed by atoms with Crippen molar-refractivity contribution in [2.75, 3.05) is 0 Å². The number of hydrogen-bond donors (Lipinski definition) is 1. The maximum Gasteiger partial charge on any atom is 0.159 e. The Hall–Kier alpha value is -1.26. The summed E-state index contributed by atoms with van der Waals surface area (Å²) in [5.41, 5.74) is 7.96. The van der Waals surface area contributed by atoms with Crippen LogP contribution in [0, 0.1) is 0 Å². The minimum atomic E-state index is 0.165. The lowest BCUT2D eigenvalue weighted by Crippen LogP contribution is -2.22. The van der Waals surface area contributed by atoms with Gasteiger partial charge < -0.3 is 5.73 Å². The lowest BCUT2D eigenvalue weighted by Gasteiger charge is -2.08. The smallest absolute Gasteiger partial charge is 0.159 e. The summed E-state index contributed by atoms with van der Waals surface area (Å²) in [7, 11) is 0. The molecule has 1 aromatic carbocycles. The van der Waals surface area contributed by atoms with Crippen LogP contribution in [0.1, 0.15) is 19.0 Å². The maximum absolute atomic E-state index is 5.95. The lowest BCUT2D eigenvalue weighted by atomic mass is 10.1. The van der Waals surface area contributed by atoms with E-state index >= 15 is 0 Å². The summed E-state index contributed by atoms with van der Waals surface area (Å²) in [6.45, 7) is 2.08. The van der Waals surface area contributed by atoms with Gasteiger partial charge in [-0.25, -0.2) is 9.97 Å². The van der Waals surface area contributed by atoms with E-state index in [-0.39, 0.29) is 6.04 Å². The topological polar surface area (TPSA) is 51.8 Å². The van der Waals surface area contributed by atoms with Crippen LogP contribution in [0.5, 0.6) is 0 Å². The fourth-order valence-electron chi connectivity index (χ4n) is 1.66. The van der Waals surface area contributed by atoms with Gasteiger partial charge in [-0.3, -0.25) is 0 Å². The van der Waals surface area contributed by atoms with Crippen LogP contribution in [-0.2, 0) is 6.42 Å². The first-order valence-electron chi connectivity index (χ1n) is 6.02. The van der Waals surface area contributed by atoms with Crippen LogP contribution < -0.4 is 5.73 Å². The van der Waals surface area contributed by atoms with E-state index < -0.39 is 0 Å². The number of rotatable bonds is 4. The molecule has 0 amide bonds. The normalized spacial score (nSPS) is 12.4. The Morgan fingerprint density at radius 2 is 1.94 bits per heavy atom. The van der Waals surface area contributed by atoms with Crippen molar-refractivity contribution in [1.82, 2.24) is 9.97 Å². The van der Waals surface area contributed by atoms with Gasteiger partial charge in [0.05, 0.1) is 0 Å². The third-order valence-electron chi connectivity index (χ3n) is 2.81. The lowest BCUT2D eigenvalue weighted by molar-refractivity contribution is 0.636. The summed E-state index contributed by atoms with van der Waals surface area (Å²) in [6, 6.07) is 10.1. The molecule has 1 atom stereocenters. The van der Waals surface area contributed by atoms with Crippen molar-refractivity contribution in [3.05, 3.63) is 46.7 Å². The molecule has 0 saturated carbocycles. The molecule has 0 spiro atoms. The van der Waals surface area contributed by atoms with E-state index in [1.165, 1.54) is 0 Å². The van der Waals surface area contributed by atoms with Crippen LogP contribution in [-0.4, -0.2) is 16.0 Å². The molecule has 0 aliphatic heterocycles. The van der Waals surface area contributed by atoms with Gasteiger partial charge >= 0.3 is 0 Å². The summed E-state index contributed by atoms with van der Waals surface area (Å²) >= 11 is 3.42. The fraction of sp³-hybridized carbons (Fsp3) is 0.286. The molecule has 0 saturated heterocycles. The summed E-state index contributed by atoms with van der Waals surface area (Å²) in [5.74, 6) is 0.753. The number of aromatic nitrogens is 2. The van der Waals surface area contributed by atoms with Crippen molar-refractivity contribution < 1.29 is 0 Å². The molecule has 4 heteroatoms. The molecule has 2 rings (SSSR count). The third-order valence-corrected chi connectivity index (χ3v) is 3.34. The van der Waals surface area contributed by atoms with E-state index in [4.69, 9.17) is 5.73 Å². The Morgan fingerprint density at radius 1 is 1.22 bits per heavy atom. The van der Waals surface area contributed by atoms with Crippen LogP contribution in [0.3, 0.4) is 0 Å². The first-order valence-corrected chi connectivity index (χ1v) is 6.81. The predicted octanol–water partition coefficient (Wildman–Crippen LogP) is 3.19. The summed E-state index contributed by atoms with van der Waals surface area (Å²) in [6.07, 6.45) is 3.54. The van der Waals surface area contributed by atoms with Crippen molar-refractivity contribution in [2.45, 2.75) is 25.8 Å². The number of nitrogens with zero attached hydrogens (tertiary/aromatic N) is 2. The van der Waals surface area contributed by atoms with Crippen LogP contribution in [0.25, 0.3) is 11.4 Å². The van der Waals surface area contributed by atoms with Crippen molar-refractivity contribution in [3.8, 4) is 11.4 Å². The maximum atomic E-state index is 5.95. The second-order valence-electron chi connectivity index (χ2n) is 4.25. The minimum Gasteiger partial charge on any atom is -0.327 e. The number of hydrogen-bond acceptors (Lipinski definition) is 3. The molecule has 94 valence electrons. The van der Waals surface area contributed by atoms with Crippen molar-refractivity contribution in [3.63, 3.8) is 0 Å². The van der Waals surface area contributed by atoms with E-state index in [0.717, 1.165) is 34.4 Å². The van der Waals surface area contributed by atoms with Gasteiger partial charge in [-0.1, -0.05) is 35.0 Å². The van der Waals surface area contributed by atoms with Crippen LogP contribution in [0.4, 0.5) is 0 Å². The zero-order valence-corrected chi connectivity index (χ0v) is 11.9. The minimum absolute atomic E-state index is 0.165. The van der Waals surface area contributed by atoms with E-state index in [1.54, 1.807) is 6.20 Å². The molecule has 1 heterocycles. The van der Waals surface area contributed by atoms with Gasteiger partial charge in [0.1, 0.15) is 0 Å². The van der Waals surface area contributed by atoms with Crippen molar-refractivity contribution in [1.29, 1.82) is 0 Å². The Labute approximate surface area is 116 Å². The summed E-state index contributed by atoms with van der Waals surface area (Å²) < 4.78 is 1.05. The third kappa shape index (κ3) is 3.37. The molecule has 3 nitrogen and oxygen atoms in total. The molecular weight excluding hydrogens is 290 g/mol. The van der Waals surface area contributed by atoms with Crippen LogP contribution >= 0.6 is 15.9 Å². The van der Waals surface area contributed by atoms with Gasteiger partial charge in [0.2, 0.25) is 0 Å². The van der Waals surface area contributed by atoms with Gasteiger partial charge in [-0.05, 0) is 24.6 Å². The zero-order chi connectivity index (χ0) is 13.0. The Morgan fingerprint density at radius 3 is 2.61 bits per heavy atom. The highest BCUT2D eigenvalue weighted by Crippen LogP contribution is 2.18. The first-order chi connectivity index (χ1) is 8.69. The highest BCUT2D eigenvalue weighted by molar-refractivity contribution is 9.10. The molecule has 0 radical (unpaired) electrons. The monoisotopic (exact) mass is 305 g/mol. The highest BCUT2D eigenvalue weighted by atomic mass is 79.9. The number of nitrogens with two attached hydrogens (primary N) is 1. The predicted molar refractivity (Wildman–Crippen MR) is 77.1 cm³/mol. The average molecular weight is 306 g/mol. The number of halogens is 1. The summed E-state index contributed by atoms with van der Waals surface area (Å²) in [5, 5.41) is 0. The molecule has 0 aliphatic carbocycles. The molecule has 2 aromatic rings. The van der Waals surface area contributed by atoms with Crippen molar-refractivity contribution in [2.24, 2.45) is 5.73 Å². The van der Waals surface area contributed by atoms with Gasteiger partial charge in [0.25, 0.3) is 0 Å². The standard InChI is InChI=1S/C14H16BrN3/c1-2-12(16)9-13-7-8-17-14(18-13)10-3-5-11(15)6-4-10/h3-8,12H,2,9,16H2,1H3. The fourth-order valence-corrected chi connectivity index (χ4v) is 1.93. The van der Waals surface area contributed by atoms with Gasteiger partial charge in [-0.15, -0.1) is 0 Å². The molecule has 1 aromatic heterocycles. The van der Waals surface area contributed by atoms with Gasteiger partial charge in [0.15, 0.2) is 5.82 Å².